The first kappa shape index (κ1) is 25.4. The predicted octanol–water partition coefficient (Wildman–Crippen LogP) is 3.92. The minimum absolute atomic E-state index is 0.118. The van der Waals surface area contributed by atoms with E-state index in [4.69, 9.17) is 5.11 Å². The van der Waals surface area contributed by atoms with E-state index in [-0.39, 0.29) is 26.2 Å². The van der Waals surface area contributed by atoms with Gasteiger partial charge in [-0.15, -0.1) is 5.10 Å². The average molecular weight is 543 g/mol. The van der Waals surface area contributed by atoms with Gasteiger partial charge in [0.15, 0.2) is 0 Å². The Morgan fingerprint density at radius 2 is 1.82 bits per heavy atom. The Kier molecular flexibility index (Phi) is 6.73. The molecule has 0 radical (unpaired) electrons. The average Bonchev–Trinajstić information content (AvgIpc) is 3.43. The van der Waals surface area contributed by atoms with Crippen molar-refractivity contribution in [1.29, 1.82) is 0 Å². The van der Waals surface area contributed by atoms with Crippen LogP contribution in [0.2, 0.25) is 0 Å². The highest BCUT2D eigenvalue weighted by Gasteiger charge is 2.45. The number of rotatable bonds is 9. The van der Waals surface area contributed by atoms with Crippen molar-refractivity contribution in [1.82, 2.24) is 29.9 Å². The molecule has 2 aliphatic heterocycles. The van der Waals surface area contributed by atoms with Crippen LogP contribution in [0.1, 0.15) is 37.2 Å². The van der Waals surface area contributed by atoms with Gasteiger partial charge in [-0.2, -0.15) is 0 Å². The van der Waals surface area contributed by atoms with E-state index in [1.54, 1.807) is 9.58 Å². The van der Waals surface area contributed by atoms with E-state index in [9.17, 15) is 8.78 Å². The molecule has 202 valence electrons. The van der Waals surface area contributed by atoms with Gasteiger partial charge in [0.05, 0.1) is 49.5 Å². The summed E-state index contributed by atoms with van der Waals surface area (Å²) in [6.07, 6.45) is 6.97. The molecule has 0 atom stereocenters. The number of hydrogen-bond acceptors (Lipinski definition) is 9. The number of benzene rings is 1. The molecule has 0 amide bonds. The van der Waals surface area contributed by atoms with Crippen LogP contribution in [0.4, 0.5) is 20.2 Å². The summed E-state index contributed by atoms with van der Waals surface area (Å²) in [6.45, 7) is 3.75. The van der Waals surface area contributed by atoms with Gasteiger partial charge < -0.3 is 14.7 Å². The second-order valence-corrected chi connectivity index (χ2v) is 11.6. The number of nitrogens with one attached hydrogen (secondary N) is 1. The number of hydrogen-bond donors (Lipinski definition) is 2. The van der Waals surface area contributed by atoms with Crippen LogP contribution in [-0.2, 0) is 6.54 Å². The van der Waals surface area contributed by atoms with E-state index in [0.717, 1.165) is 35.8 Å². The Labute approximate surface area is 224 Å². The van der Waals surface area contributed by atoms with Crippen molar-refractivity contribution < 1.29 is 13.9 Å². The molecule has 6 rings (SSSR count). The lowest BCUT2D eigenvalue weighted by Crippen LogP contribution is -2.55. The first-order valence-corrected chi connectivity index (χ1v) is 14.1. The number of aryl methyl sites for hydroxylation is 1. The van der Waals surface area contributed by atoms with Crippen LogP contribution in [-0.4, -0.2) is 79.4 Å². The quantitative estimate of drug-likeness (QED) is 0.308. The molecule has 2 N–H and O–H groups in total. The summed E-state index contributed by atoms with van der Waals surface area (Å²) in [4.78, 5) is 13.1. The van der Waals surface area contributed by atoms with Crippen LogP contribution in [0.5, 0.6) is 0 Å². The number of aliphatic hydroxyl groups excluding tert-OH is 1. The fourth-order valence-corrected chi connectivity index (χ4v) is 5.85. The van der Waals surface area contributed by atoms with Gasteiger partial charge in [-0.05, 0) is 62.3 Å². The Bertz CT molecular complexity index is 1300. The number of aromatic nitrogens is 5. The SMILES string of the molecule is Cc1cc(-c2cn(-c3ccc(NSCCO)cc3N3CCC4(CC3)CC4)nn2)nc(CN2CC(F)(F)C2)n1. The zero-order valence-corrected chi connectivity index (χ0v) is 22.2. The molecule has 4 heterocycles. The topological polar surface area (TPSA) is 95.2 Å². The summed E-state index contributed by atoms with van der Waals surface area (Å²) in [5.74, 6) is -1.51. The monoisotopic (exact) mass is 542 g/mol. The first-order chi connectivity index (χ1) is 18.3. The standard InChI is InChI=1S/C26H32F2N8OS/c1-18-12-20(30-24(29-18)15-34-16-26(27,28)17-34)21-14-36(33-31-21)22-3-2-19(32-38-11-10-37)13-23(22)35-8-6-25(4-5-25)7-9-35/h2-3,12-14,32,37H,4-11,15-17H2,1H3. The third-order valence-electron chi connectivity index (χ3n) is 7.66. The molecule has 12 heteroatoms. The molecule has 2 saturated heterocycles. The maximum Gasteiger partial charge on any atom is 0.272 e. The largest absolute Gasteiger partial charge is 0.395 e. The summed E-state index contributed by atoms with van der Waals surface area (Å²) in [5.41, 5.74) is 5.55. The highest BCUT2D eigenvalue weighted by atomic mass is 32.2. The molecule has 3 aromatic rings. The number of aliphatic hydroxyl groups is 1. The van der Waals surface area contributed by atoms with Crippen molar-refractivity contribution >= 4 is 23.3 Å². The zero-order chi connectivity index (χ0) is 26.3. The van der Waals surface area contributed by atoms with Gasteiger partial charge in [0, 0.05) is 30.2 Å². The summed E-state index contributed by atoms with van der Waals surface area (Å²) >= 11 is 1.47. The normalized spacial score (nSPS) is 19.9. The number of halogens is 2. The molecule has 1 spiro atoms. The fraction of sp³-hybridized carbons (Fsp3) is 0.538. The first-order valence-electron chi connectivity index (χ1n) is 13.1. The predicted molar refractivity (Wildman–Crippen MR) is 144 cm³/mol. The Morgan fingerprint density at radius 1 is 1.03 bits per heavy atom. The van der Waals surface area contributed by atoms with Gasteiger partial charge >= 0.3 is 0 Å². The summed E-state index contributed by atoms with van der Waals surface area (Å²) in [6, 6.07) is 8.03. The van der Waals surface area contributed by atoms with Gasteiger partial charge in [0.25, 0.3) is 5.92 Å². The Hall–Kier alpha value is -2.83. The van der Waals surface area contributed by atoms with Crippen LogP contribution >= 0.6 is 11.9 Å². The number of nitrogens with zero attached hydrogens (tertiary/aromatic N) is 7. The van der Waals surface area contributed by atoms with Gasteiger partial charge in [-0.1, -0.05) is 17.2 Å². The maximum atomic E-state index is 13.3. The van der Waals surface area contributed by atoms with Crippen LogP contribution in [0.3, 0.4) is 0 Å². The molecule has 1 aliphatic carbocycles. The molecule has 1 aromatic carbocycles. The minimum Gasteiger partial charge on any atom is -0.395 e. The lowest BCUT2D eigenvalue weighted by Gasteiger charge is -2.38. The van der Waals surface area contributed by atoms with E-state index in [1.165, 1.54) is 37.6 Å². The van der Waals surface area contributed by atoms with Gasteiger partial charge in [-0.3, -0.25) is 4.90 Å². The molecular weight excluding hydrogens is 510 g/mol. The Balaban J connectivity index is 1.26. The second kappa shape index (κ2) is 10.0. The Morgan fingerprint density at radius 3 is 2.53 bits per heavy atom. The third-order valence-corrected chi connectivity index (χ3v) is 8.43. The molecule has 0 unspecified atom stereocenters. The molecule has 38 heavy (non-hydrogen) atoms. The molecule has 3 aliphatic rings. The highest BCUT2D eigenvalue weighted by Crippen LogP contribution is 2.54. The minimum atomic E-state index is -2.62. The highest BCUT2D eigenvalue weighted by molar-refractivity contribution is 8.00. The van der Waals surface area contributed by atoms with E-state index in [2.05, 4.69) is 36.0 Å². The molecule has 1 saturated carbocycles. The summed E-state index contributed by atoms with van der Waals surface area (Å²) < 4.78 is 31.6. The number of likely N-dealkylation sites (tertiary alicyclic amines) is 1. The van der Waals surface area contributed by atoms with E-state index in [0.29, 0.717) is 28.4 Å². The maximum absolute atomic E-state index is 13.3. The number of anilines is 2. The van der Waals surface area contributed by atoms with E-state index < -0.39 is 5.92 Å². The van der Waals surface area contributed by atoms with Crippen LogP contribution in [0.25, 0.3) is 17.1 Å². The van der Waals surface area contributed by atoms with Gasteiger partial charge in [0.1, 0.15) is 11.5 Å². The summed E-state index contributed by atoms with van der Waals surface area (Å²) in [7, 11) is 0. The number of alkyl halides is 2. The summed E-state index contributed by atoms with van der Waals surface area (Å²) in [5, 5.41) is 18.0. The third kappa shape index (κ3) is 5.48. The molecular formula is C26H32F2N8OS. The van der Waals surface area contributed by atoms with Crippen LogP contribution in [0, 0.1) is 12.3 Å². The second-order valence-electron chi connectivity index (χ2n) is 10.7. The van der Waals surface area contributed by atoms with Gasteiger partial charge in [0.2, 0.25) is 0 Å². The van der Waals surface area contributed by atoms with Crippen LogP contribution < -0.4 is 9.62 Å². The van der Waals surface area contributed by atoms with E-state index in [1.807, 2.05) is 31.3 Å². The van der Waals surface area contributed by atoms with Crippen molar-refractivity contribution in [3.05, 3.63) is 42.0 Å². The van der Waals surface area contributed by atoms with Crippen molar-refractivity contribution in [3.63, 3.8) is 0 Å². The lowest BCUT2D eigenvalue weighted by atomic mass is 9.93. The smallest absolute Gasteiger partial charge is 0.272 e. The van der Waals surface area contributed by atoms with Crippen molar-refractivity contribution in [3.8, 4) is 17.1 Å². The lowest BCUT2D eigenvalue weighted by molar-refractivity contribution is -0.134. The zero-order valence-electron chi connectivity index (χ0n) is 21.4. The van der Waals surface area contributed by atoms with Gasteiger partial charge in [-0.25, -0.2) is 23.4 Å². The molecule has 3 fully saturated rings. The number of piperidine rings is 1. The van der Waals surface area contributed by atoms with Crippen molar-refractivity contribution in [2.75, 3.05) is 48.2 Å². The van der Waals surface area contributed by atoms with Crippen molar-refractivity contribution in [2.45, 2.75) is 45.1 Å². The fourth-order valence-electron chi connectivity index (χ4n) is 5.36. The van der Waals surface area contributed by atoms with E-state index >= 15 is 0 Å². The molecule has 0 bridgehead atoms. The van der Waals surface area contributed by atoms with Crippen molar-refractivity contribution in [2.24, 2.45) is 5.41 Å². The molecule has 2 aromatic heterocycles. The molecule has 9 nitrogen and oxygen atoms in total. The van der Waals surface area contributed by atoms with Crippen LogP contribution in [0.15, 0.2) is 30.5 Å².